The predicted octanol–water partition coefficient (Wildman–Crippen LogP) is 1.39. The Labute approximate surface area is 135 Å². The molecule has 0 spiro atoms. The van der Waals surface area contributed by atoms with Crippen LogP contribution in [0.2, 0.25) is 0 Å². The van der Waals surface area contributed by atoms with Crippen molar-refractivity contribution >= 4 is 5.82 Å². The Morgan fingerprint density at radius 3 is 2.46 bits per heavy atom. The molecule has 0 bridgehead atoms. The van der Waals surface area contributed by atoms with Crippen LogP contribution in [0.15, 0.2) is 12.4 Å². The molecular formula is C14H19F4N3O3. The smallest absolute Gasteiger partial charge is 0.388 e. The van der Waals surface area contributed by atoms with E-state index in [1.54, 1.807) is 13.8 Å². The largest absolute Gasteiger partial charge is 0.434 e. The lowest BCUT2D eigenvalue weighted by atomic mass is 9.87. The zero-order chi connectivity index (χ0) is 18.1. The molecule has 1 aliphatic rings. The van der Waals surface area contributed by atoms with Crippen molar-refractivity contribution in [2.45, 2.75) is 50.5 Å². The summed E-state index contributed by atoms with van der Waals surface area (Å²) in [4.78, 5) is 6.88. The number of rotatable bonds is 4. The van der Waals surface area contributed by atoms with Gasteiger partial charge < -0.3 is 20.3 Å². The lowest BCUT2D eigenvalue weighted by Gasteiger charge is -2.44. The fourth-order valence-corrected chi connectivity index (χ4v) is 2.60. The van der Waals surface area contributed by atoms with Crippen molar-refractivity contribution in [3.63, 3.8) is 0 Å². The Kier molecular flexibility index (Phi) is 5.61. The number of nitrogens with one attached hydrogen (secondary N) is 1. The summed E-state index contributed by atoms with van der Waals surface area (Å²) < 4.78 is 56.5. The number of ether oxygens (including phenoxy) is 1. The molecule has 1 unspecified atom stereocenters. The molecule has 2 heterocycles. The first kappa shape index (κ1) is 18.8. The molecule has 10 heteroatoms. The summed E-state index contributed by atoms with van der Waals surface area (Å²) in [6.07, 6.45) is -7.91. The van der Waals surface area contributed by atoms with Crippen molar-refractivity contribution in [3.8, 4) is 0 Å². The van der Waals surface area contributed by atoms with E-state index in [1.807, 2.05) is 0 Å². The molecule has 0 amide bonds. The van der Waals surface area contributed by atoms with E-state index >= 15 is 0 Å². The van der Waals surface area contributed by atoms with Crippen molar-refractivity contribution < 1.29 is 32.5 Å². The van der Waals surface area contributed by atoms with Crippen LogP contribution < -0.4 is 5.32 Å². The SMILES string of the molecule is CC(C)C1O[C@H](CF)[C@H](O)[C@H](O)[C@H]1Nc1cncc(C(F)(F)F)n1. The van der Waals surface area contributed by atoms with Gasteiger partial charge in [0.2, 0.25) is 0 Å². The van der Waals surface area contributed by atoms with E-state index in [1.165, 1.54) is 0 Å². The summed E-state index contributed by atoms with van der Waals surface area (Å²) in [5, 5.41) is 22.7. The highest BCUT2D eigenvalue weighted by atomic mass is 19.4. The van der Waals surface area contributed by atoms with Crippen molar-refractivity contribution in [3.05, 3.63) is 18.1 Å². The minimum absolute atomic E-state index is 0.197. The number of anilines is 1. The number of aliphatic hydroxyl groups excluding tert-OH is 2. The van der Waals surface area contributed by atoms with Gasteiger partial charge in [-0.25, -0.2) is 9.37 Å². The third-order valence-corrected chi connectivity index (χ3v) is 3.83. The fraction of sp³-hybridized carbons (Fsp3) is 0.714. The summed E-state index contributed by atoms with van der Waals surface area (Å²) in [7, 11) is 0. The van der Waals surface area contributed by atoms with E-state index in [-0.39, 0.29) is 11.7 Å². The van der Waals surface area contributed by atoms with Crippen molar-refractivity contribution in [1.82, 2.24) is 9.97 Å². The van der Waals surface area contributed by atoms with Crippen molar-refractivity contribution in [2.24, 2.45) is 5.92 Å². The zero-order valence-corrected chi connectivity index (χ0v) is 13.0. The number of hydrogen-bond donors (Lipinski definition) is 3. The molecule has 0 aliphatic carbocycles. The van der Waals surface area contributed by atoms with E-state index in [0.717, 1.165) is 6.20 Å². The average molecular weight is 353 g/mol. The van der Waals surface area contributed by atoms with Gasteiger partial charge in [0.25, 0.3) is 0 Å². The van der Waals surface area contributed by atoms with Crippen molar-refractivity contribution in [1.29, 1.82) is 0 Å². The monoisotopic (exact) mass is 353 g/mol. The van der Waals surface area contributed by atoms with Gasteiger partial charge in [-0.2, -0.15) is 13.2 Å². The highest BCUT2D eigenvalue weighted by Gasteiger charge is 2.45. The van der Waals surface area contributed by atoms with Gasteiger partial charge in [-0.05, 0) is 5.92 Å². The van der Waals surface area contributed by atoms with E-state index < -0.39 is 49.0 Å². The summed E-state index contributed by atoms with van der Waals surface area (Å²) in [5.74, 6) is -0.425. The second-order valence-electron chi connectivity index (χ2n) is 5.98. The average Bonchev–Trinajstić information content (AvgIpc) is 2.51. The number of aromatic nitrogens is 2. The zero-order valence-electron chi connectivity index (χ0n) is 13.0. The molecule has 6 nitrogen and oxygen atoms in total. The molecule has 5 atom stereocenters. The normalized spacial score (nSPS) is 31.3. The van der Waals surface area contributed by atoms with Gasteiger partial charge in [0.1, 0.15) is 30.8 Å². The molecule has 136 valence electrons. The molecule has 24 heavy (non-hydrogen) atoms. The second-order valence-corrected chi connectivity index (χ2v) is 5.98. The van der Waals surface area contributed by atoms with Crippen LogP contribution >= 0.6 is 0 Å². The molecular weight excluding hydrogens is 334 g/mol. The highest BCUT2D eigenvalue weighted by Crippen LogP contribution is 2.30. The van der Waals surface area contributed by atoms with Crippen LogP contribution in [0, 0.1) is 5.92 Å². The van der Waals surface area contributed by atoms with Gasteiger partial charge >= 0.3 is 6.18 Å². The van der Waals surface area contributed by atoms with Crippen LogP contribution in [0.5, 0.6) is 0 Å². The molecule has 0 aromatic carbocycles. The first-order valence-electron chi connectivity index (χ1n) is 7.38. The van der Waals surface area contributed by atoms with E-state index in [9.17, 15) is 27.8 Å². The van der Waals surface area contributed by atoms with Gasteiger partial charge in [-0.1, -0.05) is 13.8 Å². The van der Waals surface area contributed by atoms with Crippen LogP contribution in [-0.4, -0.2) is 57.3 Å². The van der Waals surface area contributed by atoms with E-state index in [2.05, 4.69) is 15.3 Å². The van der Waals surface area contributed by atoms with Gasteiger partial charge in [0.15, 0.2) is 5.69 Å². The maximum absolute atomic E-state index is 12.9. The molecule has 1 aromatic heterocycles. The van der Waals surface area contributed by atoms with E-state index in [4.69, 9.17) is 4.74 Å². The lowest BCUT2D eigenvalue weighted by molar-refractivity contribution is -0.188. The number of halogens is 4. The molecule has 1 saturated heterocycles. The third-order valence-electron chi connectivity index (χ3n) is 3.83. The third kappa shape index (κ3) is 3.93. The van der Waals surface area contributed by atoms with Crippen LogP contribution in [0.25, 0.3) is 0 Å². The summed E-state index contributed by atoms with van der Waals surface area (Å²) in [5.41, 5.74) is -1.19. The Bertz CT molecular complexity index is 558. The van der Waals surface area contributed by atoms with Crippen LogP contribution in [0.1, 0.15) is 19.5 Å². The highest BCUT2D eigenvalue weighted by molar-refractivity contribution is 5.35. The number of aliphatic hydroxyl groups is 2. The van der Waals surface area contributed by atoms with Gasteiger partial charge in [-0.3, -0.25) is 4.98 Å². The first-order valence-corrected chi connectivity index (χ1v) is 7.38. The second kappa shape index (κ2) is 7.16. The molecule has 0 radical (unpaired) electrons. The van der Waals surface area contributed by atoms with E-state index in [0.29, 0.717) is 6.20 Å². The number of nitrogens with zero attached hydrogens (tertiary/aromatic N) is 2. The Morgan fingerprint density at radius 1 is 1.25 bits per heavy atom. The van der Waals surface area contributed by atoms with Crippen molar-refractivity contribution in [2.75, 3.05) is 12.0 Å². The van der Waals surface area contributed by atoms with Crippen LogP contribution in [-0.2, 0) is 10.9 Å². The Hall–Kier alpha value is -1.52. The quantitative estimate of drug-likeness (QED) is 0.709. The standard InChI is InChI=1S/C14H19F4N3O3/c1-6(2)13-10(12(23)11(22)7(3-15)24-13)21-9-5-19-4-8(20-9)14(16,17)18/h4-7,10-13,22-23H,3H2,1-2H3,(H,20,21)/t7-,10-,11+,12-,13?/m1/s1. The maximum atomic E-state index is 12.9. The topological polar surface area (TPSA) is 87.5 Å². The lowest BCUT2D eigenvalue weighted by Crippen LogP contribution is -2.62. The summed E-state index contributed by atoms with van der Waals surface area (Å²) >= 11 is 0. The van der Waals surface area contributed by atoms with Crippen LogP contribution in [0.3, 0.4) is 0 Å². The Morgan fingerprint density at radius 2 is 1.92 bits per heavy atom. The molecule has 1 aromatic rings. The molecule has 2 rings (SSSR count). The first-order chi connectivity index (χ1) is 11.1. The minimum atomic E-state index is -4.66. The van der Waals surface area contributed by atoms with Gasteiger partial charge in [-0.15, -0.1) is 0 Å². The molecule has 3 N–H and O–H groups in total. The van der Waals surface area contributed by atoms with Gasteiger partial charge in [0, 0.05) is 0 Å². The predicted molar refractivity (Wildman–Crippen MR) is 75.9 cm³/mol. The van der Waals surface area contributed by atoms with Gasteiger partial charge in [0.05, 0.1) is 24.5 Å². The van der Waals surface area contributed by atoms with Crippen LogP contribution in [0.4, 0.5) is 23.4 Å². The summed E-state index contributed by atoms with van der Waals surface area (Å²) in [6, 6.07) is -0.972. The summed E-state index contributed by atoms with van der Waals surface area (Å²) in [6.45, 7) is 2.51. The number of alkyl halides is 4. The fourth-order valence-electron chi connectivity index (χ4n) is 2.60. The number of hydrogen-bond acceptors (Lipinski definition) is 6. The molecule has 1 aliphatic heterocycles. The maximum Gasteiger partial charge on any atom is 0.434 e. The minimum Gasteiger partial charge on any atom is -0.388 e. The molecule has 1 fully saturated rings. The molecule has 0 saturated carbocycles. The Balaban J connectivity index is 2.25.